The largest absolute Gasteiger partial charge is 0.465 e. The number of aryl methyl sites for hydroxylation is 1. The van der Waals surface area contributed by atoms with Crippen molar-refractivity contribution < 1.29 is 23.9 Å². The lowest BCUT2D eigenvalue weighted by Crippen LogP contribution is -2.44. The zero-order valence-electron chi connectivity index (χ0n) is 18.3. The molecular formula is C21H31N3O6. The fourth-order valence-corrected chi connectivity index (χ4v) is 3.24. The Bertz CT molecular complexity index is 847. The normalized spacial score (nSPS) is 14.9. The van der Waals surface area contributed by atoms with Crippen molar-refractivity contribution in [2.75, 3.05) is 26.7 Å². The maximum atomic E-state index is 12.5. The van der Waals surface area contributed by atoms with Crippen LogP contribution in [0.15, 0.2) is 16.9 Å². The van der Waals surface area contributed by atoms with Crippen LogP contribution in [-0.4, -0.2) is 59.8 Å². The molecule has 30 heavy (non-hydrogen) atoms. The second-order valence-corrected chi connectivity index (χ2v) is 8.49. The molecule has 166 valence electrons. The van der Waals surface area contributed by atoms with Gasteiger partial charge in [0.05, 0.1) is 7.11 Å². The van der Waals surface area contributed by atoms with Gasteiger partial charge in [-0.15, -0.1) is 0 Å². The monoisotopic (exact) mass is 421 g/mol. The van der Waals surface area contributed by atoms with E-state index >= 15 is 0 Å². The number of rotatable bonds is 5. The van der Waals surface area contributed by atoms with Crippen LogP contribution in [0.3, 0.4) is 0 Å². The summed E-state index contributed by atoms with van der Waals surface area (Å²) < 4.78 is 11.2. The Morgan fingerprint density at radius 1 is 1.17 bits per heavy atom. The van der Waals surface area contributed by atoms with Crippen molar-refractivity contribution in [3.63, 3.8) is 0 Å². The van der Waals surface area contributed by atoms with Gasteiger partial charge in [0.1, 0.15) is 17.7 Å². The lowest BCUT2D eigenvalue weighted by molar-refractivity contribution is -0.122. The summed E-state index contributed by atoms with van der Waals surface area (Å²) in [5, 5.41) is 2.85. The number of pyridine rings is 1. The van der Waals surface area contributed by atoms with E-state index in [2.05, 4.69) is 10.1 Å². The summed E-state index contributed by atoms with van der Waals surface area (Å²) in [6.07, 6.45) is 1.21. The average molecular weight is 421 g/mol. The molecule has 1 aliphatic rings. The smallest absolute Gasteiger partial charge is 0.410 e. The number of esters is 1. The highest BCUT2D eigenvalue weighted by molar-refractivity contribution is 5.89. The Morgan fingerprint density at radius 2 is 1.80 bits per heavy atom. The Balaban J connectivity index is 1.86. The van der Waals surface area contributed by atoms with Crippen LogP contribution in [0.1, 0.15) is 49.7 Å². The van der Waals surface area contributed by atoms with Crippen molar-refractivity contribution >= 4 is 18.0 Å². The van der Waals surface area contributed by atoms with E-state index in [0.29, 0.717) is 25.3 Å². The van der Waals surface area contributed by atoms with E-state index in [1.807, 2.05) is 20.8 Å². The molecule has 2 rings (SSSR count). The number of likely N-dealkylation sites (tertiary alicyclic amines) is 1. The van der Waals surface area contributed by atoms with E-state index in [-0.39, 0.29) is 30.0 Å². The molecule has 9 heteroatoms. The van der Waals surface area contributed by atoms with Gasteiger partial charge < -0.3 is 24.3 Å². The Hall–Kier alpha value is -2.84. The topological polar surface area (TPSA) is 107 Å². The molecule has 1 aliphatic heterocycles. The summed E-state index contributed by atoms with van der Waals surface area (Å²) >= 11 is 0. The predicted octanol–water partition coefficient (Wildman–Crippen LogP) is 1.71. The number of methoxy groups -OCH3 is 1. The number of hydrogen-bond acceptors (Lipinski definition) is 6. The highest BCUT2D eigenvalue weighted by Gasteiger charge is 2.27. The molecule has 1 fully saturated rings. The van der Waals surface area contributed by atoms with Gasteiger partial charge in [0.15, 0.2) is 0 Å². The molecule has 0 spiro atoms. The number of nitrogens with one attached hydrogen (secondary N) is 1. The minimum absolute atomic E-state index is 0.106. The van der Waals surface area contributed by atoms with Crippen molar-refractivity contribution in [2.24, 2.45) is 5.92 Å². The van der Waals surface area contributed by atoms with E-state index in [1.165, 1.54) is 17.7 Å². The van der Waals surface area contributed by atoms with Crippen LogP contribution in [0, 0.1) is 12.8 Å². The quantitative estimate of drug-likeness (QED) is 0.726. The Kier molecular flexibility index (Phi) is 7.64. The molecule has 1 aromatic rings. The van der Waals surface area contributed by atoms with Crippen LogP contribution in [0.25, 0.3) is 0 Å². The van der Waals surface area contributed by atoms with Crippen molar-refractivity contribution in [1.29, 1.82) is 0 Å². The van der Waals surface area contributed by atoms with Gasteiger partial charge in [0, 0.05) is 25.3 Å². The van der Waals surface area contributed by atoms with Crippen LogP contribution in [0.2, 0.25) is 0 Å². The van der Waals surface area contributed by atoms with Crippen LogP contribution >= 0.6 is 0 Å². The van der Waals surface area contributed by atoms with E-state index < -0.39 is 17.1 Å². The molecule has 2 heterocycles. The van der Waals surface area contributed by atoms with Crippen molar-refractivity contribution in [3.05, 3.63) is 33.7 Å². The van der Waals surface area contributed by atoms with Gasteiger partial charge >= 0.3 is 12.1 Å². The third-order valence-corrected chi connectivity index (χ3v) is 4.95. The number of nitrogens with zero attached hydrogens (tertiary/aromatic N) is 2. The van der Waals surface area contributed by atoms with Crippen LogP contribution in [0.5, 0.6) is 0 Å². The lowest BCUT2D eigenvalue weighted by Gasteiger charge is -2.33. The zero-order chi connectivity index (χ0) is 22.5. The lowest BCUT2D eigenvalue weighted by atomic mass is 9.97. The fraction of sp³-hybridized carbons (Fsp3) is 0.619. The van der Waals surface area contributed by atoms with Crippen LogP contribution < -0.4 is 10.9 Å². The first-order chi connectivity index (χ1) is 14.0. The van der Waals surface area contributed by atoms with E-state index in [4.69, 9.17) is 4.74 Å². The molecule has 1 aromatic heterocycles. The molecule has 0 saturated carbocycles. The summed E-state index contributed by atoms with van der Waals surface area (Å²) in [7, 11) is 1.20. The minimum atomic E-state index is -0.731. The van der Waals surface area contributed by atoms with Crippen LogP contribution in [0.4, 0.5) is 4.79 Å². The second kappa shape index (κ2) is 9.77. The maximum absolute atomic E-state index is 12.5. The zero-order valence-corrected chi connectivity index (χ0v) is 18.3. The van der Waals surface area contributed by atoms with Crippen molar-refractivity contribution in [3.8, 4) is 0 Å². The molecule has 0 atom stereocenters. The van der Waals surface area contributed by atoms with Gasteiger partial charge in [-0.05, 0) is 58.6 Å². The highest BCUT2D eigenvalue weighted by atomic mass is 16.6. The molecule has 0 aliphatic carbocycles. The Labute approximate surface area is 176 Å². The number of aromatic nitrogens is 1. The molecule has 9 nitrogen and oxygen atoms in total. The van der Waals surface area contributed by atoms with Crippen LogP contribution in [-0.2, 0) is 20.8 Å². The summed E-state index contributed by atoms with van der Waals surface area (Å²) in [4.78, 5) is 50.3. The fourth-order valence-electron chi connectivity index (χ4n) is 3.24. The molecule has 0 radical (unpaired) electrons. The van der Waals surface area contributed by atoms with Gasteiger partial charge in [0.25, 0.3) is 5.56 Å². The Morgan fingerprint density at radius 3 is 2.37 bits per heavy atom. The first-order valence-corrected chi connectivity index (χ1v) is 10.0. The number of hydrogen-bond donors (Lipinski definition) is 1. The second-order valence-electron chi connectivity index (χ2n) is 8.49. The molecular weight excluding hydrogens is 390 g/mol. The minimum Gasteiger partial charge on any atom is -0.465 e. The van der Waals surface area contributed by atoms with Crippen molar-refractivity contribution in [2.45, 2.75) is 52.7 Å². The summed E-state index contributed by atoms with van der Waals surface area (Å²) in [5.41, 5.74) is -0.606. The molecule has 0 unspecified atom stereocenters. The number of carbonyl (C=O) groups excluding carboxylic acids is 3. The van der Waals surface area contributed by atoms with Gasteiger partial charge in [-0.3, -0.25) is 9.59 Å². The average Bonchev–Trinajstić information content (AvgIpc) is 2.68. The summed E-state index contributed by atoms with van der Waals surface area (Å²) in [6, 6.07) is 3.00. The van der Waals surface area contributed by atoms with Gasteiger partial charge in [-0.1, -0.05) is 0 Å². The number of amides is 2. The molecule has 1 N–H and O–H groups in total. The van der Waals surface area contributed by atoms with Gasteiger partial charge in [-0.25, -0.2) is 9.59 Å². The molecule has 2 amide bonds. The number of carbonyl (C=O) groups is 3. The summed E-state index contributed by atoms with van der Waals surface area (Å²) in [6.45, 7) is 8.65. The number of piperidine rings is 1. The van der Waals surface area contributed by atoms with E-state index in [9.17, 15) is 19.2 Å². The standard InChI is InChI=1S/C21H31N3O6/c1-14-6-7-16(19(27)29-5)18(26)24(14)13-17(25)22-12-15-8-10-23(11-9-15)20(28)30-21(2,3)4/h6-7,15H,8-13H2,1-5H3,(H,22,25). The predicted molar refractivity (Wildman–Crippen MR) is 110 cm³/mol. The van der Waals surface area contributed by atoms with Gasteiger partial charge in [0.2, 0.25) is 5.91 Å². The van der Waals surface area contributed by atoms with E-state index in [1.54, 1.807) is 17.9 Å². The summed E-state index contributed by atoms with van der Waals surface area (Å²) in [5.74, 6) is -0.797. The van der Waals surface area contributed by atoms with Crippen molar-refractivity contribution in [1.82, 2.24) is 14.8 Å². The molecule has 0 aromatic carbocycles. The van der Waals surface area contributed by atoms with E-state index in [0.717, 1.165) is 12.8 Å². The third kappa shape index (κ3) is 6.33. The molecule has 0 bridgehead atoms. The number of ether oxygens (including phenoxy) is 2. The first kappa shape index (κ1) is 23.4. The molecule has 1 saturated heterocycles. The first-order valence-electron chi connectivity index (χ1n) is 10.0. The SMILES string of the molecule is COC(=O)c1ccc(C)n(CC(=O)NCC2CCN(C(=O)OC(C)(C)C)CC2)c1=O. The maximum Gasteiger partial charge on any atom is 0.410 e. The van der Waals surface area contributed by atoms with Gasteiger partial charge in [-0.2, -0.15) is 0 Å². The highest BCUT2D eigenvalue weighted by Crippen LogP contribution is 2.19. The third-order valence-electron chi connectivity index (χ3n) is 4.95.